The first-order valence-corrected chi connectivity index (χ1v) is 6.70. The zero-order chi connectivity index (χ0) is 14.8. The molecule has 6 heteroatoms. The lowest BCUT2D eigenvalue weighted by Gasteiger charge is -2.28. The third-order valence-electron chi connectivity index (χ3n) is 3.66. The number of carbonyl (C=O) groups excluding carboxylic acids is 1. The van der Waals surface area contributed by atoms with Crippen LogP contribution in [-0.2, 0) is 13.0 Å². The van der Waals surface area contributed by atoms with Crippen molar-refractivity contribution in [1.82, 2.24) is 14.9 Å². The fourth-order valence-electron chi connectivity index (χ4n) is 2.47. The number of aromatic nitrogens is 2. The summed E-state index contributed by atoms with van der Waals surface area (Å²) in [6.07, 6.45) is 2.12. The normalized spacial score (nSPS) is 13.7. The van der Waals surface area contributed by atoms with Crippen LogP contribution >= 0.6 is 0 Å². The highest BCUT2D eigenvalue weighted by molar-refractivity contribution is 5.94. The van der Waals surface area contributed by atoms with Gasteiger partial charge in [-0.25, -0.2) is 9.97 Å². The molecule has 0 radical (unpaired) electrons. The standard InChI is InChI=1S/C15H16N4O2/c1-21-11-4-2-10(3-5-11)15(20)19-7-6-12-13(8-19)17-9-18-14(12)16/h2-5,9H,6-8H2,1H3,(H2,16,17,18). The van der Waals surface area contributed by atoms with Gasteiger partial charge in [-0.2, -0.15) is 0 Å². The Morgan fingerprint density at radius 2 is 2.05 bits per heavy atom. The summed E-state index contributed by atoms with van der Waals surface area (Å²) >= 11 is 0. The Kier molecular flexibility index (Phi) is 3.43. The van der Waals surface area contributed by atoms with Crippen molar-refractivity contribution in [3.63, 3.8) is 0 Å². The maximum atomic E-state index is 12.5. The zero-order valence-corrected chi connectivity index (χ0v) is 11.7. The molecule has 1 aromatic heterocycles. The lowest BCUT2D eigenvalue weighted by molar-refractivity contribution is 0.0732. The highest BCUT2D eigenvalue weighted by Gasteiger charge is 2.24. The van der Waals surface area contributed by atoms with Crippen LogP contribution in [0.5, 0.6) is 5.75 Å². The van der Waals surface area contributed by atoms with Gasteiger partial charge >= 0.3 is 0 Å². The van der Waals surface area contributed by atoms with E-state index in [0.717, 1.165) is 17.0 Å². The number of rotatable bonds is 2. The van der Waals surface area contributed by atoms with Crippen LogP contribution in [0.3, 0.4) is 0 Å². The average Bonchev–Trinajstić information content (AvgIpc) is 2.54. The Morgan fingerprint density at radius 1 is 1.29 bits per heavy atom. The van der Waals surface area contributed by atoms with E-state index in [1.165, 1.54) is 6.33 Å². The molecule has 1 aromatic carbocycles. The summed E-state index contributed by atoms with van der Waals surface area (Å²) in [6, 6.07) is 7.10. The van der Waals surface area contributed by atoms with Gasteiger partial charge in [-0.1, -0.05) is 0 Å². The minimum absolute atomic E-state index is 0.0134. The van der Waals surface area contributed by atoms with Crippen LogP contribution in [0, 0.1) is 0 Å². The largest absolute Gasteiger partial charge is 0.497 e. The van der Waals surface area contributed by atoms with Crippen LogP contribution < -0.4 is 10.5 Å². The van der Waals surface area contributed by atoms with E-state index in [1.54, 1.807) is 36.3 Å². The molecule has 0 saturated carbocycles. The smallest absolute Gasteiger partial charge is 0.254 e. The molecule has 2 N–H and O–H groups in total. The first-order chi connectivity index (χ1) is 10.2. The Hall–Kier alpha value is -2.63. The number of benzene rings is 1. The summed E-state index contributed by atoms with van der Waals surface area (Å²) in [5, 5.41) is 0. The Balaban J connectivity index is 1.80. The number of amides is 1. The summed E-state index contributed by atoms with van der Waals surface area (Å²) in [5.74, 6) is 1.23. The number of hydrogen-bond donors (Lipinski definition) is 1. The van der Waals surface area contributed by atoms with Gasteiger partial charge in [0.2, 0.25) is 0 Å². The maximum Gasteiger partial charge on any atom is 0.254 e. The fourth-order valence-corrected chi connectivity index (χ4v) is 2.47. The van der Waals surface area contributed by atoms with E-state index in [1.807, 2.05) is 0 Å². The van der Waals surface area contributed by atoms with E-state index in [4.69, 9.17) is 10.5 Å². The number of carbonyl (C=O) groups is 1. The average molecular weight is 284 g/mol. The van der Waals surface area contributed by atoms with Gasteiger partial charge in [-0.3, -0.25) is 4.79 Å². The minimum Gasteiger partial charge on any atom is -0.497 e. The molecule has 0 atom stereocenters. The van der Waals surface area contributed by atoms with Gasteiger partial charge in [-0.15, -0.1) is 0 Å². The number of nitrogen functional groups attached to an aromatic ring is 1. The van der Waals surface area contributed by atoms with Crippen molar-refractivity contribution in [3.8, 4) is 5.75 Å². The van der Waals surface area contributed by atoms with Crippen molar-refractivity contribution in [2.24, 2.45) is 0 Å². The number of hydrogen-bond acceptors (Lipinski definition) is 5. The quantitative estimate of drug-likeness (QED) is 0.898. The molecule has 3 rings (SSSR count). The van der Waals surface area contributed by atoms with Crippen LogP contribution in [-0.4, -0.2) is 34.4 Å². The van der Waals surface area contributed by atoms with Gasteiger partial charge < -0.3 is 15.4 Å². The van der Waals surface area contributed by atoms with Crippen molar-refractivity contribution in [2.45, 2.75) is 13.0 Å². The second-order valence-electron chi connectivity index (χ2n) is 4.89. The highest BCUT2D eigenvalue weighted by atomic mass is 16.5. The molecule has 2 aromatic rings. The molecule has 1 amide bonds. The molecule has 108 valence electrons. The third kappa shape index (κ3) is 2.52. The molecule has 2 heterocycles. The van der Waals surface area contributed by atoms with E-state index in [0.29, 0.717) is 30.9 Å². The number of nitrogens with zero attached hydrogens (tertiary/aromatic N) is 3. The van der Waals surface area contributed by atoms with Crippen LogP contribution in [0.2, 0.25) is 0 Å². The molecule has 0 bridgehead atoms. The van der Waals surface area contributed by atoms with Crippen molar-refractivity contribution in [2.75, 3.05) is 19.4 Å². The summed E-state index contributed by atoms with van der Waals surface area (Å²) in [6.45, 7) is 1.09. The van der Waals surface area contributed by atoms with Crippen molar-refractivity contribution >= 4 is 11.7 Å². The van der Waals surface area contributed by atoms with Crippen LogP contribution in [0.4, 0.5) is 5.82 Å². The van der Waals surface area contributed by atoms with Crippen molar-refractivity contribution in [1.29, 1.82) is 0 Å². The van der Waals surface area contributed by atoms with Gasteiger partial charge in [0.05, 0.1) is 19.3 Å². The summed E-state index contributed by atoms with van der Waals surface area (Å²) < 4.78 is 5.10. The summed E-state index contributed by atoms with van der Waals surface area (Å²) in [5.41, 5.74) is 8.26. The second-order valence-corrected chi connectivity index (χ2v) is 4.89. The number of nitrogens with two attached hydrogens (primary N) is 1. The molecule has 1 aliphatic heterocycles. The summed E-state index contributed by atoms with van der Waals surface area (Å²) in [7, 11) is 1.60. The minimum atomic E-state index is -0.0134. The lowest BCUT2D eigenvalue weighted by Crippen LogP contribution is -2.36. The van der Waals surface area contributed by atoms with Crippen molar-refractivity contribution < 1.29 is 9.53 Å². The molecular formula is C15H16N4O2. The Bertz CT molecular complexity index is 670. The van der Waals surface area contributed by atoms with E-state index in [2.05, 4.69) is 9.97 Å². The fraction of sp³-hybridized carbons (Fsp3) is 0.267. The summed E-state index contributed by atoms with van der Waals surface area (Å²) in [4.78, 5) is 22.5. The second kappa shape index (κ2) is 5.40. The van der Waals surface area contributed by atoms with Crippen LogP contribution in [0.1, 0.15) is 21.6 Å². The zero-order valence-electron chi connectivity index (χ0n) is 11.7. The number of fused-ring (bicyclic) bond motifs is 1. The predicted octanol–water partition coefficient (Wildman–Crippen LogP) is 1.27. The first kappa shape index (κ1) is 13.4. The number of ether oxygens (including phenoxy) is 1. The van der Waals surface area contributed by atoms with E-state index < -0.39 is 0 Å². The van der Waals surface area contributed by atoms with Crippen molar-refractivity contribution in [3.05, 3.63) is 47.4 Å². The molecule has 0 unspecified atom stereocenters. The highest BCUT2D eigenvalue weighted by Crippen LogP contribution is 2.22. The van der Waals surface area contributed by atoms with E-state index in [-0.39, 0.29) is 5.91 Å². The van der Waals surface area contributed by atoms with Gasteiger partial charge in [0.25, 0.3) is 5.91 Å². The van der Waals surface area contributed by atoms with E-state index in [9.17, 15) is 4.79 Å². The Morgan fingerprint density at radius 3 is 2.76 bits per heavy atom. The predicted molar refractivity (Wildman–Crippen MR) is 77.9 cm³/mol. The van der Waals surface area contributed by atoms with E-state index >= 15 is 0 Å². The van der Waals surface area contributed by atoms with Gasteiger partial charge in [0, 0.05) is 17.7 Å². The van der Waals surface area contributed by atoms with Gasteiger partial charge in [-0.05, 0) is 30.7 Å². The molecule has 21 heavy (non-hydrogen) atoms. The number of anilines is 1. The third-order valence-corrected chi connectivity index (χ3v) is 3.66. The Labute approximate surface area is 122 Å². The molecule has 0 aliphatic carbocycles. The molecule has 1 aliphatic rings. The topological polar surface area (TPSA) is 81.3 Å². The molecule has 0 spiro atoms. The molecule has 6 nitrogen and oxygen atoms in total. The van der Waals surface area contributed by atoms with Crippen LogP contribution in [0.25, 0.3) is 0 Å². The van der Waals surface area contributed by atoms with Gasteiger partial charge in [0.1, 0.15) is 17.9 Å². The van der Waals surface area contributed by atoms with Gasteiger partial charge in [0.15, 0.2) is 0 Å². The molecular weight excluding hydrogens is 268 g/mol. The number of methoxy groups -OCH3 is 1. The first-order valence-electron chi connectivity index (χ1n) is 6.70. The monoisotopic (exact) mass is 284 g/mol. The van der Waals surface area contributed by atoms with Crippen LogP contribution in [0.15, 0.2) is 30.6 Å². The molecule has 0 fully saturated rings. The lowest BCUT2D eigenvalue weighted by atomic mass is 10.0. The SMILES string of the molecule is COc1ccc(C(=O)N2CCc3c(N)ncnc3C2)cc1. The maximum absolute atomic E-state index is 12.5. The molecule has 0 saturated heterocycles.